The van der Waals surface area contributed by atoms with Crippen molar-refractivity contribution in [2.24, 2.45) is 0 Å². The van der Waals surface area contributed by atoms with Crippen LogP contribution in [0.5, 0.6) is 0 Å². The third-order valence-corrected chi connectivity index (χ3v) is 2.45. The second-order valence-electron chi connectivity index (χ2n) is 3.57. The number of pyridine rings is 1. The van der Waals surface area contributed by atoms with Gasteiger partial charge in [-0.25, -0.2) is 13.8 Å². The molecule has 0 atom stereocenters. The van der Waals surface area contributed by atoms with Crippen molar-refractivity contribution in [1.29, 1.82) is 5.26 Å². The summed E-state index contributed by atoms with van der Waals surface area (Å²) in [5, 5.41) is 8.71. The molecule has 0 saturated heterocycles. The minimum atomic E-state index is -2.80. The Morgan fingerprint density at radius 1 is 1.61 bits per heavy atom. The molecule has 0 saturated carbocycles. The van der Waals surface area contributed by atoms with Crippen LogP contribution in [0.3, 0.4) is 0 Å². The average molecular weight is 254 g/mol. The Labute approximate surface area is 103 Å². The number of esters is 1. The molecule has 18 heavy (non-hydrogen) atoms. The molecule has 0 aromatic carbocycles. The number of rotatable bonds is 4. The summed E-state index contributed by atoms with van der Waals surface area (Å²) < 4.78 is 30.4. The fourth-order valence-corrected chi connectivity index (χ4v) is 1.56. The van der Waals surface area contributed by atoms with Crippen molar-refractivity contribution in [1.82, 2.24) is 4.98 Å². The van der Waals surface area contributed by atoms with E-state index in [9.17, 15) is 13.6 Å². The van der Waals surface area contributed by atoms with Crippen molar-refractivity contribution in [3.63, 3.8) is 0 Å². The van der Waals surface area contributed by atoms with E-state index < -0.39 is 18.0 Å². The molecule has 1 aromatic rings. The zero-order chi connectivity index (χ0) is 13.7. The van der Waals surface area contributed by atoms with Crippen LogP contribution in [0.1, 0.15) is 35.7 Å². The molecule has 0 unspecified atom stereocenters. The Morgan fingerprint density at radius 2 is 2.28 bits per heavy atom. The monoisotopic (exact) mass is 254 g/mol. The zero-order valence-electron chi connectivity index (χ0n) is 10.0. The van der Waals surface area contributed by atoms with Crippen LogP contribution in [0.15, 0.2) is 6.20 Å². The maximum Gasteiger partial charge on any atom is 0.310 e. The van der Waals surface area contributed by atoms with Gasteiger partial charge in [0, 0.05) is 6.20 Å². The highest BCUT2D eigenvalue weighted by molar-refractivity contribution is 5.73. The SMILES string of the molecule is CCOC(=O)Cc1cnc(C#N)c(C(F)F)c1C. The van der Waals surface area contributed by atoms with E-state index in [2.05, 4.69) is 4.98 Å². The first-order chi connectivity index (χ1) is 8.51. The van der Waals surface area contributed by atoms with E-state index in [0.717, 1.165) is 0 Å². The van der Waals surface area contributed by atoms with Gasteiger partial charge in [-0.15, -0.1) is 0 Å². The van der Waals surface area contributed by atoms with Gasteiger partial charge < -0.3 is 4.74 Å². The number of nitriles is 1. The summed E-state index contributed by atoms with van der Waals surface area (Å²) in [5.41, 5.74) is -0.165. The second-order valence-corrected chi connectivity index (χ2v) is 3.57. The summed E-state index contributed by atoms with van der Waals surface area (Å²) >= 11 is 0. The largest absolute Gasteiger partial charge is 0.466 e. The van der Waals surface area contributed by atoms with Crippen LogP contribution < -0.4 is 0 Å². The van der Waals surface area contributed by atoms with Crippen molar-refractivity contribution >= 4 is 5.97 Å². The number of carbonyl (C=O) groups is 1. The van der Waals surface area contributed by atoms with E-state index in [-0.39, 0.29) is 24.3 Å². The summed E-state index contributed by atoms with van der Waals surface area (Å²) in [6.07, 6.45) is -1.66. The molecule has 1 heterocycles. The van der Waals surface area contributed by atoms with Crippen molar-refractivity contribution in [3.8, 4) is 6.07 Å². The van der Waals surface area contributed by atoms with Crippen LogP contribution >= 0.6 is 0 Å². The molecule has 1 aromatic heterocycles. The smallest absolute Gasteiger partial charge is 0.310 e. The maximum atomic E-state index is 12.8. The van der Waals surface area contributed by atoms with Gasteiger partial charge in [0.25, 0.3) is 6.43 Å². The lowest BCUT2D eigenvalue weighted by Crippen LogP contribution is -2.11. The minimum absolute atomic E-state index is 0.127. The number of ether oxygens (including phenoxy) is 1. The predicted molar refractivity (Wildman–Crippen MR) is 59.0 cm³/mol. The molecule has 0 bridgehead atoms. The summed E-state index contributed by atoms with van der Waals surface area (Å²) in [6, 6.07) is 1.62. The molecule has 1 rings (SSSR count). The quantitative estimate of drug-likeness (QED) is 0.773. The van der Waals surface area contributed by atoms with Crippen LogP contribution in [0, 0.1) is 18.3 Å². The van der Waals surface area contributed by atoms with Gasteiger partial charge in [-0.05, 0) is 25.0 Å². The van der Waals surface area contributed by atoms with Crippen LogP contribution in [-0.4, -0.2) is 17.6 Å². The summed E-state index contributed by atoms with van der Waals surface area (Å²) in [6.45, 7) is 3.33. The van der Waals surface area contributed by atoms with E-state index in [1.54, 1.807) is 13.0 Å². The number of aromatic nitrogens is 1. The molecule has 96 valence electrons. The molecule has 0 aliphatic heterocycles. The topological polar surface area (TPSA) is 63.0 Å². The Bertz CT molecular complexity index is 496. The molecule has 0 aliphatic rings. The molecule has 4 nitrogen and oxygen atoms in total. The summed E-state index contributed by atoms with van der Waals surface area (Å²) in [7, 11) is 0. The number of alkyl halides is 2. The first kappa shape index (κ1) is 14.0. The van der Waals surface area contributed by atoms with Crippen LogP contribution in [-0.2, 0) is 16.0 Å². The molecular weight excluding hydrogens is 242 g/mol. The highest BCUT2D eigenvalue weighted by atomic mass is 19.3. The zero-order valence-corrected chi connectivity index (χ0v) is 10.0. The number of hydrogen-bond donors (Lipinski definition) is 0. The molecule has 6 heteroatoms. The lowest BCUT2D eigenvalue weighted by Gasteiger charge is -2.11. The first-order valence-electron chi connectivity index (χ1n) is 5.33. The third-order valence-electron chi connectivity index (χ3n) is 2.45. The summed E-state index contributed by atoms with van der Waals surface area (Å²) in [4.78, 5) is 14.9. The van der Waals surface area contributed by atoms with Crippen molar-refractivity contribution in [2.45, 2.75) is 26.7 Å². The highest BCUT2D eigenvalue weighted by Gasteiger charge is 2.20. The maximum absolute atomic E-state index is 12.8. The number of nitrogens with zero attached hydrogens (tertiary/aromatic N) is 2. The Morgan fingerprint density at radius 3 is 2.78 bits per heavy atom. The van der Waals surface area contributed by atoms with E-state index in [1.807, 2.05) is 0 Å². The lowest BCUT2D eigenvalue weighted by molar-refractivity contribution is -0.142. The standard InChI is InChI=1S/C12H12F2N2O2/c1-3-18-10(17)4-8-6-16-9(5-15)11(7(8)2)12(13)14/h6,12H,3-4H2,1-2H3. The fourth-order valence-electron chi connectivity index (χ4n) is 1.56. The molecule has 0 amide bonds. The van der Waals surface area contributed by atoms with Gasteiger partial charge in [0.2, 0.25) is 0 Å². The van der Waals surface area contributed by atoms with Crippen molar-refractivity contribution in [2.75, 3.05) is 6.61 Å². The van der Waals surface area contributed by atoms with Crippen LogP contribution in [0.4, 0.5) is 8.78 Å². The van der Waals surface area contributed by atoms with Gasteiger partial charge in [-0.1, -0.05) is 0 Å². The van der Waals surface area contributed by atoms with Gasteiger partial charge in [-0.2, -0.15) is 5.26 Å². The van der Waals surface area contributed by atoms with Crippen molar-refractivity contribution < 1.29 is 18.3 Å². The van der Waals surface area contributed by atoms with Gasteiger partial charge in [0.05, 0.1) is 18.6 Å². The molecule has 0 aliphatic carbocycles. The first-order valence-corrected chi connectivity index (χ1v) is 5.33. The third kappa shape index (κ3) is 3.00. The predicted octanol–water partition coefficient (Wildman–Crippen LogP) is 2.30. The van der Waals surface area contributed by atoms with E-state index in [4.69, 9.17) is 10.00 Å². The number of carbonyl (C=O) groups excluding carboxylic acids is 1. The van der Waals surface area contributed by atoms with Gasteiger partial charge in [0.1, 0.15) is 11.8 Å². The molecule has 0 fully saturated rings. The summed E-state index contributed by atoms with van der Waals surface area (Å²) in [5.74, 6) is -0.507. The molecular formula is C12H12F2N2O2. The van der Waals surface area contributed by atoms with E-state index in [1.165, 1.54) is 13.1 Å². The molecule has 0 spiro atoms. The van der Waals surface area contributed by atoms with Gasteiger partial charge in [-0.3, -0.25) is 4.79 Å². The number of hydrogen-bond acceptors (Lipinski definition) is 4. The molecule has 0 radical (unpaired) electrons. The molecule has 0 N–H and O–H groups in total. The minimum Gasteiger partial charge on any atom is -0.466 e. The Balaban J connectivity index is 3.13. The van der Waals surface area contributed by atoms with Crippen LogP contribution in [0.2, 0.25) is 0 Å². The van der Waals surface area contributed by atoms with E-state index in [0.29, 0.717) is 5.56 Å². The normalized spacial score (nSPS) is 10.2. The van der Waals surface area contributed by atoms with Gasteiger partial charge >= 0.3 is 5.97 Å². The Hall–Kier alpha value is -2.03. The highest BCUT2D eigenvalue weighted by Crippen LogP contribution is 2.27. The van der Waals surface area contributed by atoms with Gasteiger partial charge in [0.15, 0.2) is 0 Å². The fraction of sp³-hybridized carbons (Fsp3) is 0.417. The Kier molecular flexibility index (Phi) is 4.72. The van der Waals surface area contributed by atoms with Crippen LogP contribution in [0.25, 0.3) is 0 Å². The lowest BCUT2D eigenvalue weighted by atomic mass is 10.0. The second kappa shape index (κ2) is 6.05. The van der Waals surface area contributed by atoms with E-state index >= 15 is 0 Å². The van der Waals surface area contributed by atoms with Crippen molar-refractivity contribution in [3.05, 3.63) is 28.6 Å². The number of halogens is 2. The average Bonchev–Trinajstić information content (AvgIpc) is 2.31.